The van der Waals surface area contributed by atoms with Crippen LogP contribution in [-0.4, -0.2) is 19.9 Å². The van der Waals surface area contributed by atoms with Crippen LogP contribution in [0.15, 0.2) is 80.0 Å². The van der Waals surface area contributed by atoms with Gasteiger partial charge in [0.15, 0.2) is 0 Å². The van der Waals surface area contributed by atoms with Gasteiger partial charge in [-0.25, -0.2) is 4.79 Å². The highest BCUT2D eigenvalue weighted by atomic mass is 32.2. The molecule has 0 unspecified atom stereocenters. The third-order valence-corrected chi connectivity index (χ3v) is 5.68. The predicted molar refractivity (Wildman–Crippen MR) is 94.1 cm³/mol. The first-order valence-corrected chi connectivity index (χ1v) is 8.57. The molecule has 0 saturated heterocycles. The summed E-state index contributed by atoms with van der Waals surface area (Å²) in [6.45, 7) is 0. The van der Waals surface area contributed by atoms with Crippen molar-refractivity contribution >= 4 is 21.6 Å². The zero-order valence-electron chi connectivity index (χ0n) is 12.5. The standard InChI is InChI=1S/C17H14N4O2S/c22-15-13-14(19-16(23)18-13)20-17(21-15)24(11-7-3-1-4-8-11)12-9-5-2-6-10-12/h1-10,20H,(H,21,22)(H2,18,19,23). The van der Waals surface area contributed by atoms with Crippen molar-refractivity contribution in [1.29, 1.82) is 0 Å². The lowest BCUT2D eigenvalue weighted by Gasteiger charge is -2.10. The van der Waals surface area contributed by atoms with E-state index in [4.69, 9.17) is 0 Å². The number of imidazole rings is 1. The molecule has 0 bridgehead atoms. The van der Waals surface area contributed by atoms with Crippen molar-refractivity contribution in [2.24, 2.45) is 0 Å². The summed E-state index contributed by atoms with van der Waals surface area (Å²) in [5.41, 5.74) is -0.138. The number of aromatic nitrogens is 4. The van der Waals surface area contributed by atoms with Gasteiger partial charge in [0.1, 0.15) is 15.9 Å². The molecule has 0 aliphatic rings. The molecule has 24 heavy (non-hydrogen) atoms. The summed E-state index contributed by atoms with van der Waals surface area (Å²) >= 11 is 0. The molecule has 4 N–H and O–H groups in total. The summed E-state index contributed by atoms with van der Waals surface area (Å²) in [6, 6.07) is 19.8. The normalized spacial score (nSPS) is 11.2. The molecule has 2 aromatic carbocycles. The highest BCUT2D eigenvalue weighted by Crippen LogP contribution is 2.37. The smallest absolute Gasteiger partial charge is 0.321 e. The second-order valence-corrected chi connectivity index (χ2v) is 7.13. The largest absolute Gasteiger partial charge is 0.325 e. The van der Waals surface area contributed by atoms with E-state index in [-0.39, 0.29) is 11.1 Å². The minimum absolute atomic E-state index is 0.216. The topological polar surface area (TPSA) is 97.3 Å². The van der Waals surface area contributed by atoms with E-state index in [0.717, 1.165) is 9.79 Å². The van der Waals surface area contributed by atoms with E-state index < -0.39 is 16.2 Å². The maximum Gasteiger partial charge on any atom is 0.325 e. The van der Waals surface area contributed by atoms with Gasteiger partial charge in [-0.3, -0.25) is 14.8 Å². The fourth-order valence-electron chi connectivity index (χ4n) is 2.54. The monoisotopic (exact) mass is 338 g/mol. The Morgan fingerprint density at radius 1 is 0.667 bits per heavy atom. The summed E-state index contributed by atoms with van der Waals surface area (Å²) in [5.74, 6) is 0. The molecule has 0 radical (unpaired) electrons. The van der Waals surface area contributed by atoms with E-state index in [1.165, 1.54) is 0 Å². The molecule has 6 nitrogen and oxygen atoms in total. The van der Waals surface area contributed by atoms with Gasteiger partial charge in [0.2, 0.25) is 0 Å². The third-order valence-electron chi connectivity index (χ3n) is 3.58. The van der Waals surface area contributed by atoms with Crippen LogP contribution in [0.1, 0.15) is 0 Å². The van der Waals surface area contributed by atoms with Gasteiger partial charge in [-0.2, -0.15) is 0 Å². The minimum atomic E-state index is -0.519. The summed E-state index contributed by atoms with van der Waals surface area (Å²) in [6.07, 6.45) is 0. The van der Waals surface area contributed by atoms with Crippen LogP contribution in [0, 0.1) is 4.77 Å². The molecular formula is C17H14N4O2S. The number of H-pyrrole nitrogens is 4. The van der Waals surface area contributed by atoms with Gasteiger partial charge in [0.05, 0.1) is 0 Å². The van der Waals surface area contributed by atoms with Crippen molar-refractivity contribution in [3.8, 4) is 0 Å². The molecule has 2 heterocycles. The van der Waals surface area contributed by atoms with E-state index in [9.17, 15) is 9.59 Å². The van der Waals surface area contributed by atoms with Crippen molar-refractivity contribution in [2.75, 3.05) is 0 Å². The van der Waals surface area contributed by atoms with Gasteiger partial charge < -0.3 is 9.97 Å². The van der Waals surface area contributed by atoms with Crippen molar-refractivity contribution in [3.63, 3.8) is 0 Å². The summed E-state index contributed by atoms with van der Waals surface area (Å²) in [5, 5.41) is 0. The average Bonchev–Trinajstić information content (AvgIpc) is 2.98. The summed E-state index contributed by atoms with van der Waals surface area (Å²) in [7, 11) is -0.519. The van der Waals surface area contributed by atoms with E-state index in [2.05, 4.69) is 19.9 Å². The predicted octanol–water partition coefficient (Wildman–Crippen LogP) is 2.79. The fourth-order valence-corrected chi connectivity index (χ4v) is 4.55. The molecule has 0 fully saturated rings. The maximum absolute atomic E-state index is 12.3. The first kappa shape index (κ1) is 14.5. The van der Waals surface area contributed by atoms with E-state index in [0.29, 0.717) is 10.4 Å². The maximum atomic E-state index is 12.3. The number of benzene rings is 2. The second-order valence-electron chi connectivity index (χ2n) is 5.17. The van der Waals surface area contributed by atoms with Crippen molar-refractivity contribution in [1.82, 2.24) is 19.9 Å². The van der Waals surface area contributed by atoms with Gasteiger partial charge in [0.25, 0.3) is 5.56 Å². The zero-order chi connectivity index (χ0) is 16.5. The first-order chi connectivity index (χ1) is 11.7. The molecule has 0 aliphatic heterocycles. The lowest BCUT2D eigenvalue weighted by molar-refractivity contribution is 1.11. The van der Waals surface area contributed by atoms with E-state index >= 15 is 0 Å². The van der Waals surface area contributed by atoms with E-state index in [1.807, 2.05) is 60.7 Å². The Morgan fingerprint density at radius 2 is 1.25 bits per heavy atom. The lowest BCUT2D eigenvalue weighted by Crippen LogP contribution is -2.09. The van der Waals surface area contributed by atoms with Gasteiger partial charge in [0, 0.05) is 9.79 Å². The van der Waals surface area contributed by atoms with Gasteiger partial charge in [-0.15, -0.1) is 0 Å². The van der Waals surface area contributed by atoms with Crippen LogP contribution < -0.4 is 11.2 Å². The number of hydrogen-bond acceptors (Lipinski definition) is 2. The molecule has 120 valence electrons. The van der Waals surface area contributed by atoms with Crippen LogP contribution >= 0.6 is 10.5 Å². The van der Waals surface area contributed by atoms with Crippen LogP contribution in [0.25, 0.3) is 11.2 Å². The Morgan fingerprint density at radius 3 is 1.83 bits per heavy atom. The molecule has 0 saturated carbocycles. The summed E-state index contributed by atoms with van der Waals surface area (Å²) < 4.78 is 0.639. The first-order valence-electron chi connectivity index (χ1n) is 7.34. The van der Waals surface area contributed by atoms with Crippen molar-refractivity contribution < 1.29 is 0 Å². The highest BCUT2D eigenvalue weighted by Gasteiger charge is 2.08. The SMILES string of the molecule is O=c1[nH]c2[nH]c(=S(c3ccccc3)c3ccccc3)[nH]c(=O)c2[nH]1. The molecular weight excluding hydrogens is 324 g/mol. The number of fused-ring (bicyclic) bond motifs is 1. The van der Waals surface area contributed by atoms with Crippen LogP contribution in [-0.2, 0) is 0 Å². The third kappa shape index (κ3) is 2.55. The Kier molecular flexibility index (Phi) is 3.55. The molecule has 4 aromatic rings. The molecule has 0 atom stereocenters. The van der Waals surface area contributed by atoms with Crippen molar-refractivity contribution in [2.45, 2.75) is 9.79 Å². The fraction of sp³-hybridized carbons (Fsp3) is 0. The molecule has 0 aliphatic carbocycles. The minimum Gasteiger partial charge on any atom is -0.321 e. The Labute approximate surface area is 138 Å². The molecule has 0 amide bonds. The van der Waals surface area contributed by atoms with Crippen LogP contribution in [0.3, 0.4) is 0 Å². The Bertz CT molecular complexity index is 1140. The molecule has 2 aromatic heterocycles. The highest BCUT2D eigenvalue weighted by molar-refractivity contribution is 8.09. The molecule has 7 heteroatoms. The molecule has 0 spiro atoms. The number of nitrogens with one attached hydrogen (secondary N) is 4. The van der Waals surface area contributed by atoms with Crippen molar-refractivity contribution in [3.05, 3.63) is 86.3 Å². The van der Waals surface area contributed by atoms with Gasteiger partial charge in [-0.05, 0) is 24.3 Å². The summed E-state index contributed by atoms with van der Waals surface area (Å²) in [4.78, 5) is 37.1. The van der Waals surface area contributed by atoms with Crippen LogP contribution in [0.5, 0.6) is 0 Å². The quantitative estimate of drug-likeness (QED) is 0.423. The van der Waals surface area contributed by atoms with Gasteiger partial charge >= 0.3 is 5.69 Å². The second kappa shape index (κ2) is 5.86. The van der Waals surface area contributed by atoms with Gasteiger partial charge in [-0.1, -0.05) is 46.9 Å². The zero-order valence-corrected chi connectivity index (χ0v) is 13.3. The Hall–Kier alpha value is -3.06. The number of rotatable bonds is 2. The average molecular weight is 338 g/mol. The van der Waals surface area contributed by atoms with E-state index in [1.54, 1.807) is 0 Å². The number of hydrogen-bond donors (Lipinski definition) is 4. The number of aromatic amines is 4. The Balaban J connectivity index is 2.15. The lowest BCUT2D eigenvalue weighted by atomic mass is 10.4. The van der Waals surface area contributed by atoms with Crippen LogP contribution in [0.2, 0.25) is 0 Å². The van der Waals surface area contributed by atoms with Crippen LogP contribution in [0.4, 0.5) is 0 Å². The molecule has 4 rings (SSSR count).